The normalized spacial score (nSPS) is 10.4. The third kappa shape index (κ3) is 4.94. The Morgan fingerprint density at radius 2 is 1.44 bits per heavy atom. The van der Waals surface area contributed by atoms with E-state index in [0.29, 0.717) is 0 Å². The first-order valence-electron chi connectivity index (χ1n) is 6.25. The largest absolute Gasteiger partial charge is 0.380 e. The summed E-state index contributed by atoms with van der Waals surface area (Å²) in [6, 6.07) is 20.9. The Balaban J connectivity index is 1.54. The highest BCUT2D eigenvalue weighted by Gasteiger charge is 1.94. The van der Waals surface area contributed by atoms with Crippen LogP contribution < -0.4 is 0 Å². The predicted molar refractivity (Wildman–Crippen MR) is 78.1 cm³/mol. The molecule has 18 heavy (non-hydrogen) atoms. The van der Waals surface area contributed by atoms with Crippen LogP contribution in [0, 0.1) is 0 Å². The smallest absolute Gasteiger partial charge is 0.0560 e. The Morgan fingerprint density at radius 1 is 0.778 bits per heavy atom. The minimum Gasteiger partial charge on any atom is -0.380 e. The molecule has 2 aromatic carbocycles. The zero-order valence-corrected chi connectivity index (χ0v) is 11.2. The van der Waals surface area contributed by atoms with E-state index in [9.17, 15) is 0 Å². The van der Waals surface area contributed by atoms with Crippen molar-refractivity contribution in [2.75, 3.05) is 19.0 Å². The Kier molecular flexibility index (Phi) is 5.83. The molecular weight excluding hydrogens is 240 g/mol. The summed E-state index contributed by atoms with van der Waals surface area (Å²) in [5.74, 6) is 1.01. The highest BCUT2D eigenvalue weighted by Crippen LogP contribution is 2.16. The molecule has 0 radical (unpaired) electrons. The van der Waals surface area contributed by atoms with Crippen molar-refractivity contribution in [2.24, 2.45) is 0 Å². The Labute approximate surface area is 113 Å². The van der Waals surface area contributed by atoms with Crippen LogP contribution in [0.5, 0.6) is 0 Å². The van der Waals surface area contributed by atoms with E-state index in [4.69, 9.17) is 4.74 Å². The molecule has 0 saturated carbocycles. The minimum atomic E-state index is 0.805. The average Bonchev–Trinajstić information content (AvgIpc) is 2.45. The van der Waals surface area contributed by atoms with Crippen molar-refractivity contribution < 1.29 is 4.74 Å². The van der Waals surface area contributed by atoms with Crippen molar-refractivity contribution in [1.82, 2.24) is 0 Å². The van der Waals surface area contributed by atoms with Gasteiger partial charge in [0.1, 0.15) is 0 Å². The molecule has 2 heteroatoms. The lowest BCUT2D eigenvalue weighted by Crippen LogP contribution is -2.01. The fourth-order valence-corrected chi connectivity index (χ4v) is 2.46. The maximum absolute atomic E-state index is 5.64. The van der Waals surface area contributed by atoms with Crippen molar-refractivity contribution in [3.05, 3.63) is 66.2 Å². The second kappa shape index (κ2) is 7.96. The molecule has 94 valence electrons. The van der Waals surface area contributed by atoms with E-state index in [1.807, 2.05) is 23.9 Å². The quantitative estimate of drug-likeness (QED) is 0.547. The second-order valence-corrected chi connectivity index (χ2v) is 5.18. The van der Waals surface area contributed by atoms with Crippen LogP contribution >= 0.6 is 11.8 Å². The Hall–Kier alpha value is -1.25. The molecule has 0 bridgehead atoms. The van der Waals surface area contributed by atoms with Crippen molar-refractivity contribution in [3.8, 4) is 0 Å². The highest BCUT2D eigenvalue weighted by atomic mass is 32.2. The zero-order chi connectivity index (χ0) is 12.5. The summed E-state index contributed by atoms with van der Waals surface area (Å²) in [5.41, 5.74) is 1.34. The number of hydrogen-bond acceptors (Lipinski definition) is 2. The van der Waals surface area contributed by atoms with Gasteiger partial charge in [0.05, 0.1) is 13.2 Å². The van der Waals surface area contributed by atoms with Gasteiger partial charge in [-0.1, -0.05) is 48.5 Å². The van der Waals surface area contributed by atoms with E-state index in [0.717, 1.165) is 25.4 Å². The molecule has 0 atom stereocenters. The molecule has 2 aromatic rings. The van der Waals surface area contributed by atoms with Gasteiger partial charge in [0.2, 0.25) is 0 Å². The molecule has 1 nitrogen and oxygen atoms in total. The summed E-state index contributed by atoms with van der Waals surface area (Å²) in [6.07, 6.45) is 0.997. The van der Waals surface area contributed by atoms with Gasteiger partial charge in [-0.05, 0) is 24.1 Å². The molecule has 0 fully saturated rings. The molecule has 0 amide bonds. The van der Waals surface area contributed by atoms with E-state index in [-0.39, 0.29) is 0 Å². The second-order valence-electron chi connectivity index (χ2n) is 4.01. The van der Waals surface area contributed by atoms with Gasteiger partial charge in [0.25, 0.3) is 0 Å². The average molecular weight is 258 g/mol. The number of hydrogen-bond donors (Lipinski definition) is 0. The van der Waals surface area contributed by atoms with Crippen LogP contribution in [-0.2, 0) is 11.2 Å². The zero-order valence-electron chi connectivity index (χ0n) is 10.4. The molecule has 0 saturated heterocycles. The van der Waals surface area contributed by atoms with E-state index in [1.54, 1.807) is 0 Å². The maximum atomic E-state index is 5.64. The molecule has 0 heterocycles. The lowest BCUT2D eigenvalue weighted by molar-refractivity contribution is 0.153. The van der Waals surface area contributed by atoms with Gasteiger partial charge in [-0.3, -0.25) is 0 Å². The monoisotopic (exact) mass is 258 g/mol. The SMILES string of the molecule is c1ccc(CCOCCSc2ccccc2)cc1. The Bertz CT molecular complexity index is 384. The van der Waals surface area contributed by atoms with Crippen molar-refractivity contribution in [1.29, 1.82) is 0 Å². The van der Waals surface area contributed by atoms with Gasteiger partial charge in [-0.2, -0.15) is 0 Å². The lowest BCUT2D eigenvalue weighted by Gasteiger charge is -2.04. The Morgan fingerprint density at radius 3 is 2.17 bits per heavy atom. The van der Waals surface area contributed by atoms with Gasteiger partial charge < -0.3 is 4.74 Å². The topological polar surface area (TPSA) is 9.23 Å². The molecule has 0 spiro atoms. The number of thioether (sulfide) groups is 1. The summed E-state index contributed by atoms with van der Waals surface area (Å²) in [5, 5.41) is 0. The van der Waals surface area contributed by atoms with Crippen molar-refractivity contribution in [2.45, 2.75) is 11.3 Å². The standard InChI is InChI=1S/C16H18OS/c1-3-7-15(8-4-1)11-12-17-13-14-18-16-9-5-2-6-10-16/h1-10H,11-14H2. The summed E-state index contributed by atoms with van der Waals surface area (Å²) in [7, 11) is 0. The third-order valence-electron chi connectivity index (χ3n) is 2.62. The summed E-state index contributed by atoms with van der Waals surface area (Å²) in [6.45, 7) is 1.62. The van der Waals surface area contributed by atoms with Crippen LogP contribution in [0.4, 0.5) is 0 Å². The summed E-state index contributed by atoms with van der Waals surface area (Å²) >= 11 is 1.84. The van der Waals surface area contributed by atoms with Crippen LogP contribution in [-0.4, -0.2) is 19.0 Å². The minimum absolute atomic E-state index is 0.805. The van der Waals surface area contributed by atoms with Gasteiger partial charge in [0, 0.05) is 10.6 Å². The van der Waals surface area contributed by atoms with Crippen molar-refractivity contribution in [3.63, 3.8) is 0 Å². The molecule has 0 aliphatic heterocycles. The van der Waals surface area contributed by atoms with E-state index >= 15 is 0 Å². The van der Waals surface area contributed by atoms with E-state index in [1.165, 1.54) is 10.5 Å². The molecular formula is C16H18OS. The van der Waals surface area contributed by atoms with Crippen LogP contribution in [0.2, 0.25) is 0 Å². The van der Waals surface area contributed by atoms with Crippen LogP contribution in [0.3, 0.4) is 0 Å². The fourth-order valence-electron chi connectivity index (χ4n) is 1.67. The fraction of sp³-hybridized carbons (Fsp3) is 0.250. The molecule has 0 aromatic heterocycles. The van der Waals surface area contributed by atoms with Gasteiger partial charge in [-0.25, -0.2) is 0 Å². The number of benzene rings is 2. The van der Waals surface area contributed by atoms with Crippen molar-refractivity contribution >= 4 is 11.8 Å². The highest BCUT2D eigenvalue weighted by molar-refractivity contribution is 7.99. The summed E-state index contributed by atoms with van der Waals surface area (Å²) in [4.78, 5) is 1.31. The van der Waals surface area contributed by atoms with Crippen LogP contribution in [0.1, 0.15) is 5.56 Å². The first-order valence-corrected chi connectivity index (χ1v) is 7.23. The molecule has 0 aliphatic carbocycles. The van der Waals surface area contributed by atoms with Gasteiger partial charge >= 0.3 is 0 Å². The third-order valence-corrected chi connectivity index (χ3v) is 3.59. The van der Waals surface area contributed by atoms with Crippen LogP contribution in [0.25, 0.3) is 0 Å². The molecule has 0 unspecified atom stereocenters. The van der Waals surface area contributed by atoms with E-state index < -0.39 is 0 Å². The molecule has 2 rings (SSSR count). The van der Waals surface area contributed by atoms with E-state index in [2.05, 4.69) is 48.5 Å². The first kappa shape index (κ1) is 13.2. The lowest BCUT2D eigenvalue weighted by atomic mass is 10.2. The van der Waals surface area contributed by atoms with Crippen LogP contribution in [0.15, 0.2) is 65.6 Å². The maximum Gasteiger partial charge on any atom is 0.0560 e. The summed E-state index contributed by atoms with van der Waals surface area (Å²) < 4.78 is 5.64. The number of rotatable bonds is 7. The van der Waals surface area contributed by atoms with Gasteiger partial charge in [0.15, 0.2) is 0 Å². The molecule has 0 N–H and O–H groups in total. The predicted octanol–water partition coefficient (Wildman–Crippen LogP) is 4.04. The number of ether oxygens (including phenoxy) is 1. The molecule has 0 aliphatic rings. The first-order chi connectivity index (χ1) is 8.95. The van der Waals surface area contributed by atoms with Gasteiger partial charge in [-0.15, -0.1) is 11.8 Å².